The molecule has 3 rings (SSSR count). The van der Waals surface area contributed by atoms with Crippen LogP contribution < -0.4 is 10.2 Å². The normalized spacial score (nSPS) is 27.1. The number of para-hydroxylation sites is 1. The summed E-state index contributed by atoms with van der Waals surface area (Å²) in [6, 6.07) is 6.11. The number of anilines is 1. The quantitative estimate of drug-likeness (QED) is 0.721. The van der Waals surface area contributed by atoms with Crippen molar-refractivity contribution in [1.82, 2.24) is 5.32 Å². The van der Waals surface area contributed by atoms with Gasteiger partial charge in [-0.3, -0.25) is 10.1 Å². The Labute approximate surface area is 102 Å². The van der Waals surface area contributed by atoms with E-state index in [9.17, 15) is 18.0 Å². The van der Waals surface area contributed by atoms with E-state index in [1.165, 1.54) is 12.1 Å². The molecule has 18 heavy (non-hydrogen) atoms. The number of nitrogens with one attached hydrogen (secondary N) is 1. The number of hydrogen-bond acceptors (Lipinski definition) is 2. The molecular weight excluding hydrogens is 245 g/mol. The molecule has 1 aromatic carbocycles. The lowest BCUT2D eigenvalue weighted by molar-refractivity contribution is -0.152. The number of carbonyl (C=O) groups excluding carboxylic acids is 1. The first kappa shape index (κ1) is 11.5. The number of rotatable bonds is 0. The van der Waals surface area contributed by atoms with Crippen LogP contribution in [0, 0.1) is 0 Å². The molecule has 1 atom stereocenters. The standard InChI is InChI=1S/C12H11F3N2O/c13-12(14,15)17-9-5-2-1-4-8(9)11(10(17)18)6-3-7-16-11/h1-2,4-5,16H,3,6-7H2. The summed E-state index contributed by atoms with van der Waals surface area (Å²) < 4.78 is 39.0. The van der Waals surface area contributed by atoms with Crippen LogP contribution in [0.3, 0.4) is 0 Å². The molecule has 1 amide bonds. The largest absolute Gasteiger partial charge is 0.491 e. The minimum absolute atomic E-state index is 0.0410. The third-order valence-electron chi connectivity index (χ3n) is 3.58. The Morgan fingerprint density at radius 1 is 1.28 bits per heavy atom. The number of nitrogens with zero attached hydrogens (tertiary/aromatic N) is 1. The average Bonchev–Trinajstić information content (AvgIpc) is 2.86. The van der Waals surface area contributed by atoms with Crippen molar-refractivity contribution in [3.05, 3.63) is 29.8 Å². The van der Waals surface area contributed by atoms with Gasteiger partial charge in [0.1, 0.15) is 5.54 Å². The van der Waals surface area contributed by atoms with Gasteiger partial charge in [-0.25, -0.2) is 4.90 Å². The molecule has 0 bridgehead atoms. The molecule has 0 aromatic heterocycles. The monoisotopic (exact) mass is 256 g/mol. The molecule has 2 heterocycles. The van der Waals surface area contributed by atoms with Crippen LogP contribution in [0.1, 0.15) is 18.4 Å². The van der Waals surface area contributed by atoms with Crippen molar-refractivity contribution in [2.24, 2.45) is 0 Å². The lowest BCUT2D eigenvalue weighted by Crippen LogP contribution is -2.51. The highest BCUT2D eigenvalue weighted by molar-refractivity contribution is 6.08. The first-order valence-corrected chi connectivity index (χ1v) is 5.73. The van der Waals surface area contributed by atoms with Crippen LogP contribution in [-0.2, 0) is 10.3 Å². The van der Waals surface area contributed by atoms with Gasteiger partial charge in [-0.05, 0) is 25.5 Å². The summed E-state index contributed by atoms with van der Waals surface area (Å²) in [6.45, 7) is 0.561. The number of amides is 1. The van der Waals surface area contributed by atoms with E-state index in [1.807, 2.05) is 0 Å². The van der Waals surface area contributed by atoms with Gasteiger partial charge in [-0.1, -0.05) is 18.2 Å². The Kier molecular flexibility index (Phi) is 2.22. The number of hydrogen-bond donors (Lipinski definition) is 1. The van der Waals surface area contributed by atoms with Gasteiger partial charge in [0.15, 0.2) is 0 Å². The Balaban J connectivity index is 2.20. The zero-order chi connectivity index (χ0) is 13.0. The molecule has 1 saturated heterocycles. The summed E-state index contributed by atoms with van der Waals surface area (Å²) in [6.07, 6.45) is -3.57. The number of alkyl halides is 3. The summed E-state index contributed by atoms with van der Waals surface area (Å²) >= 11 is 0. The first-order valence-electron chi connectivity index (χ1n) is 5.73. The molecule has 6 heteroatoms. The summed E-state index contributed by atoms with van der Waals surface area (Å²) in [5.74, 6) is -0.909. The molecule has 1 fully saturated rings. The van der Waals surface area contributed by atoms with Crippen LogP contribution >= 0.6 is 0 Å². The molecule has 1 N–H and O–H groups in total. The van der Waals surface area contributed by atoms with E-state index >= 15 is 0 Å². The van der Waals surface area contributed by atoms with Crippen molar-refractivity contribution in [3.8, 4) is 0 Å². The Bertz CT molecular complexity index is 506. The van der Waals surface area contributed by atoms with Crippen molar-refractivity contribution in [2.75, 3.05) is 11.4 Å². The van der Waals surface area contributed by atoms with Gasteiger partial charge in [0.2, 0.25) is 0 Å². The number of benzene rings is 1. The van der Waals surface area contributed by atoms with Crippen molar-refractivity contribution in [2.45, 2.75) is 24.7 Å². The number of carbonyl (C=O) groups is 1. The highest BCUT2D eigenvalue weighted by atomic mass is 19.4. The average molecular weight is 256 g/mol. The zero-order valence-corrected chi connectivity index (χ0v) is 9.42. The maximum atomic E-state index is 13.0. The smallest absolute Gasteiger partial charge is 0.300 e. The number of halogens is 3. The van der Waals surface area contributed by atoms with E-state index in [0.29, 0.717) is 24.9 Å². The molecule has 1 spiro atoms. The molecule has 2 aliphatic heterocycles. The van der Waals surface area contributed by atoms with Gasteiger partial charge in [-0.15, -0.1) is 13.2 Å². The molecule has 2 aliphatic rings. The van der Waals surface area contributed by atoms with Crippen molar-refractivity contribution < 1.29 is 18.0 Å². The van der Waals surface area contributed by atoms with Crippen LogP contribution in [0.25, 0.3) is 0 Å². The molecule has 96 valence electrons. The second-order valence-corrected chi connectivity index (χ2v) is 4.56. The first-order chi connectivity index (χ1) is 8.47. The summed E-state index contributed by atoms with van der Waals surface area (Å²) in [5.41, 5.74) is -0.791. The third-order valence-corrected chi connectivity index (χ3v) is 3.58. The Hall–Kier alpha value is -1.56. The van der Waals surface area contributed by atoms with E-state index < -0.39 is 17.7 Å². The minimum Gasteiger partial charge on any atom is -0.300 e. The van der Waals surface area contributed by atoms with Crippen LogP contribution in [0.4, 0.5) is 18.9 Å². The maximum absolute atomic E-state index is 13.0. The SMILES string of the molecule is O=C1N(C(F)(F)F)c2ccccc2C12CCCN2. The second kappa shape index (κ2) is 3.47. The van der Waals surface area contributed by atoms with Gasteiger partial charge >= 0.3 is 6.30 Å². The lowest BCUT2D eigenvalue weighted by atomic mass is 9.90. The molecular formula is C12H11F3N2O. The predicted molar refractivity (Wildman–Crippen MR) is 58.9 cm³/mol. The Morgan fingerprint density at radius 3 is 2.61 bits per heavy atom. The minimum atomic E-state index is -4.68. The van der Waals surface area contributed by atoms with Gasteiger partial charge in [0, 0.05) is 5.56 Å². The van der Waals surface area contributed by atoms with E-state index in [0.717, 1.165) is 0 Å². The van der Waals surface area contributed by atoms with Crippen molar-refractivity contribution >= 4 is 11.6 Å². The van der Waals surface area contributed by atoms with Gasteiger partial charge in [0.25, 0.3) is 5.91 Å². The van der Waals surface area contributed by atoms with E-state index in [1.54, 1.807) is 12.1 Å². The molecule has 0 radical (unpaired) electrons. The highest BCUT2D eigenvalue weighted by Crippen LogP contribution is 2.48. The van der Waals surface area contributed by atoms with Gasteiger partial charge in [0.05, 0.1) is 5.69 Å². The summed E-state index contributed by atoms with van der Waals surface area (Å²) in [5, 5.41) is 2.95. The molecule has 1 aromatic rings. The van der Waals surface area contributed by atoms with Crippen molar-refractivity contribution in [3.63, 3.8) is 0 Å². The van der Waals surface area contributed by atoms with Gasteiger partial charge in [-0.2, -0.15) is 0 Å². The predicted octanol–water partition coefficient (Wildman–Crippen LogP) is 2.13. The van der Waals surface area contributed by atoms with Gasteiger partial charge < -0.3 is 0 Å². The highest BCUT2D eigenvalue weighted by Gasteiger charge is 2.59. The molecule has 1 unspecified atom stereocenters. The fraction of sp³-hybridized carbons (Fsp3) is 0.417. The second-order valence-electron chi connectivity index (χ2n) is 4.56. The molecule has 0 aliphatic carbocycles. The lowest BCUT2D eigenvalue weighted by Gasteiger charge is -2.25. The molecule has 0 saturated carbocycles. The van der Waals surface area contributed by atoms with E-state index in [4.69, 9.17) is 0 Å². The third kappa shape index (κ3) is 1.32. The Morgan fingerprint density at radius 2 is 2.00 bits per heavy atom. The van der Waals surface area contributed by atoms with Crippen LogP contribution in [0.2, 0.25) is 0 Å². The molecule has 3 nitrogen and oxygen atoms in total. The van der Waals surface area contributed by atoms with Crippen molar-refractivity contribution in [1.29, 1.82) is 0 Å². The van der Waals surface area contributed by atoms with Crippen LogP contribution in [0.15, 0.2) is 24.3 Å². The zero-order valence-electron chi connectivity index (χ0n) is 9.42. The van der Waals surface area contributed by atoms with E-state index in [-0.39, 0.29) is 10.6 Å². The van der Waals surface area contributed by atoms with E-state index in [2.05, 4.69) is 5.32 Å². The summed E-state index contributed by atoms with van der Waals surface area (Å²) in [7, 11) is 0. The fourth-order valence-corrected chi connectivity index (χ4v) is 2.85. The topological polar surface area (TPSA) is 32.3 Å². The maximum Gasteiger partial charge on any atom is 0.491 e. The number of fused-ring (bicyclic) bond motifs is 2. The summed E-state index contributed by atoms with van der Waals surface area (Å²) in [4.78, 5) is 12.1. The van der Waals surface area contributed by atoms with Crippen LogP contribution in [-0.4, -0.2) is 18.8 Å². The van der Waals surface area contributed by atoms with Crippen LogP contribution in [0.5, 0.6) is 0 Å². The fourth-order valence-electron chi connectivity index (χ4n) is 2.85.